The lowest BCUT2D eigenvalue weighted by Crippen LogP contribution is -2.40. The summed E-state index contributed by atoms with van der Waals surface area (Å²) in [5.41, 5.74) is 2.33. The number of aryl methyl sites for hydroxylation is 2. The summed E-state index contributed by atoms with van der Waals surface area (Å²) in [6, 6.07) is 6.82. The average molecular weight is 357 g/mol. The van der Waals surface area contributed by atoms with Crippen molar-refractivity contribution in [1.82, 2.24) is 20.0 Å². The molecule has 1 unspecified atom stereocenters. The minimum atomic E-state index is -0.169. The van der Waals surface area contributed by atoms with E-state index in [1.165, 1.54) is 11.6 Å². The normalized spacial score (nSPS) is 17.7. The summed E-state index contributed by atoms with van der Waals surface area (Å²) in [6.07, 6.45) is 6.96. The number of rotatable bonds is 6. The van der Waals surface area contributed by atoms with E-state index in [-0.39, 0.29) is 5.82 Å². The van der Waals surface area contributed by atoms with Crippen LogP contribution in [-0.4, -0.2) is 46.8 Å². The maximum absolute atomic E-state index is 13.2. The Morgan fingerprint density at radius 2 is 2.31 bits per heavy atom. The highest BCUT2D eigenvalue weighted by molar-refractivity contribution is 5.80. The summed E-state index contributed by atoms with van der Waals surface area (Å²) in [5, 5.41) is 7.69. The first-order chi connectivity index (χ1) is 12.7. The molecule has 1 atom stereocenters. The molecular weight excluding hydrogens is 329 g/mol. The fourth-order valence-corrected chi connectivity index (χ4v) is 3.46. The van der Waals surface area contributed by atoms with E-state index in [9.17, 15) is 4.39 Å². The number of hydrogen-bond donors (Lipinski definition) is 1. The average Bonchev–Trinajstić information content (AvgIpc) is 3.27. The van der Waals surface area contributed by atoms with Crippen LogP contribution in [0, 0.1) is 5.82 Å². The van der Waals surface area contributed by atoms with Crippen molar-refractivity contribution in [2.45, 2.75) is 32.1 Å². The maximum Gasteiger partial charge on any atom is 0.193 e. The number of benzene rings is 1. The van der Waals surface area contributed by atoms with Crippen LogP contribution in [0.2, 0.25) is 0 Å². The van der Waals surface area contributed by atoms with Gasteiger partial charge in [-0.05, 0) is 49.4 Å². The largest absolute Gasteiger partial charge is 0.357 e. The van der Waals surface area contributed by atoms with Crippen molar-refractivity contribution < 1.29 is 4.39 Å². The van der Waals surface area contributed by atoms with Gasteiger partial charge in [-0.25, -0.2) is 4.39 Å². The Labute approximate surface area is 154 Å². The number of aromatic nitrogens is 2. The van der Waals surface area contributed by atoms with Gasteiger partial charge in [0.25, 0.3) is 0 Å². The Bertz CT molecular complexity index is 739. The molecule has 0 radical (unpaired) electrons. The van der Waals surface area contributed by atoms with Crippen LogP contribution in [0.15, 0.2) is 41.7 Å². The zero-order valence-electron chi connectivity index (χ0n) is 15.7. The van der Waals surface area contributed by atoms with E-state index in [4.69, 9.17) is 4.99 Å². The lowest BCUT2D eigenvalue weighted by Gasteiger charge is -2.21. The van der Waals surface area contributed by atoms with Crippen molar-refractivity contribution in [3.05, 3.63) is 53.6 Å². The predicted molar refractivity (Wildman–Crippen MR) is 103 cm³/mol. The van der Waals surface area contributed by atoms with E-state index in [0.717, 1.165) is 57.0 Å². The fourth-order valence-electron chi connectivity index (χ4n) is 3.46. The standard InChI is InChI=1S/C20H28FN5/c1-3-22-20(23-10-5-7-16-6-4-8-19(21)12-16)26-11-9-17(15-26)18-13-24-25(2)14-18/h4,6,8,12-14,17H,3,5,7,9-11,15H2,1-2H3,(H,22,23). The Morgan fingerprint density at radius 3 is 3.04 bits per heavy atom. The maximum atomic E-state index is 13.2. The summed E-state index contributed by atoms with van der Waals surface area (Å²) in [7, 11) is 1.96. The quantitative estimate of drug-likeness (QED) is 0.491. The molecule has 0 saturated carbocycles. The lowest BCUT2D eigenvalue weighted by atomic mass is 10.0. The molecule has 0 aliphatic carbocycles. The number of nitrogens with zero attached hydrogens (tertiary/aromatic N) is 4. The monoisotopic (exact) mass is 357 g/mol. The van der Waals surface area contributed by atoms with Crippen LogP contribution in [-0.2, 0) is 13.5 Å². The minimum absolute atomic E-state index is 0.169. The van der Waals surface area contributed by atoms with E-state index in [2.05, 4.69) is 28.4 Å². The van der Waals surface area contributed by atoms with Gasteiger partial charge in [0.05, 0.1) is 6.20 Å². The van der Waals surface area contributed by atoms with E-state index >= 15 is 0 Å². The molecule has 1 aliphatic rings. The lowest BCUT2D eigenvalue weighted by molar-refractivity contribution is 0.485. The van der Waals surface area contributed by atoms with Gasteiger partial charge in [0.15, 0.2) is 5.96 Å². The van der Waals surface area contributed by atoms with E-state index in [0.29, 0.717) is 5.92 Å². The first-order valence-electron chi connectivity index (χ1n) is 9.42. The van der Waals surface area contributed by atoms with Gasteiger partial charge in [-0.2, -0.15) is 5.10 Å². The van der Waals surface area contributed by atoms with Gasteiger partial charge in [0.1, 0.15) is 5.82 Å². The summed E-state index contributed by atoms with van der Waals surface area (Å²) >= 11 is 0. The SMILES string of the molecule is CCNC(=NCCCc1cccc(F)c1)N1CCC(c2cnn(C)c2)C1. The van der Waals surface area contributed by atoms with Crippen molar-refractivity contribution in [3.63, 3.8) is 0 Å². The zero-order chi connectivity index (χ0) is 18.4. The smallest absolute Gasteiger partial charge is 0.193 e. The molecule has 5 nitrogen and oxygen atoms in total. The van der Waals surface area contributed by atoms with Crippen LogP contribution in [0.3, 0.4) is 0 Å². The Balaban J connectivity index is 1.54. The molecule has 140 valence electrons. The number of halogens is 1. The number of aliphatic imine (C=N–C) groups is 1. The minimum Gasteiger partial charge on any atom is -0.357 e. The highest BCUT2D eigenvalue weighted by Crippen LogP contribution is 2.26. The van der Waals surface area contributed by atoms with Gasteiger partial charge in [0.2, 0.25) is 0 Å². The molecule has 1 aliphatic heterocycles. The van der Waals surface area contributed by atoms with Crippen molar-refractivity contribution in [1.29, 1.82) is 0 Å². The second-order valence-corrected chi connectivity index (χ2v) is 6.85. The Kier molecular flexibility index (Phi) is 6.26. The van der Waals surface area contributed by atoms with E-state index in [1.807, 2.05) is 24.0 Å². The number of nitrogens with one attached hydrogen (secondary N) is 1. The fraction of sp³-hybridized carbons (Fsp3) is 0.500. The molecule has 0 spiro atoms. The van der Waals surface area contributed by atoms with Gasteiger partial charge >= 0.3 is 0 Å². The molecule has 1 saturated heterocycles. The Hall–Kier alpha value is -2.37. The molecule has 0 amide bonds. The van der Waals surface area contributed by atoms with Crippen molar-refractivity contribution in [3.8, 4) is 0 Å². The van der Waals surface area contributed by atoms with Crippen LogP contribution in [0.25, 0.3) is 0 Å². The van der Waals surface area contributed by atoms with Crippen LogP contribution in [0.4, 0.5) is 4.39 Å². The number of hydrogen-bond acceptors (Lipinski definition) is 2. The van der Waals surface area contributed by atoms with Crippen molar-refractivity contribution in [2.75, 3.05) is 26.2 Å². The van der Waals surface area contributed by atoms with Crippen LogP contribution in [0.5, 0.6) is 0 Å². The van der Waals surface area contributed by atoms with Crippen LogP contribution >= 0.6 is 0 Å². The molecule has 2 heterocycles. The highest BCUT2D eigenvalue weighted by Gasteiger charge is 2.26. The van der Waals surface area contributed by atoms with Gasteiger partial charge in [-0.1, -0.05) is 12.1 Å². The van der Waals surface area contributed by atoms with E-state index < -0.39 is 0 Å². The van der Waals surface area contributed by atoms with Crippen molar-refractivity contribution in [2.24, 2.45) is 12.0 Å². The van der Waals surface area contributed by atoms with Crippen LogP contribution < -0.4 is 5.32 Å². The van der Waals surface area contributed by atoms with Gasteiger partial charge in [0, 0.05) is 45.3 Å². The summed E-state index contributed by atoms with van der Waals surface area (Å²) in [4.78, 5) is 7.12. The first-order valence-corrected chi connectivity index (χ1v) is 9.42. The third kappa shape index (κ3) is 4.84. The van der Waals surface area contributed by atoms with Gasteiger partial charge in [-0.3, -0.25) is 9.67 Å². The summed E-state index contributed by atoms with van der Waals surface area (Å²) in [6.45, 7) is 5.68. The third-order valence-electron chi connectivity index (χ3n) is 4.79. The molecule has 1 aromatic carbocycles. The second kappa shape index (κ2) is 8.83. The molecule has 6 heteroatoms. The topological polar surface area (TPSA) is 45.5 Å². The molecule has 1 N–H and O–H groups in total. The Morgan fingerprint density at radius 1 is 1.42 bits per heavy atom. The molecule has 2 aromatic rings. The zero-order valence-corrected chi connectivity index (χ0v) is 15.7. The molecule has 3 rings (SSSR count). The molecule has 26 heavy (non-hydrogen) atoms. The predicted octanol–water partition coefficient (Wildman–Crippen LogP) is 2.95. The summed E-state index contributed by atoms with van der Waals surface area (Å²) < 4.78 is 15.1. The molecular formula is C20H28FN5. The highest BCUT2D eigenvalue weighted by atomic mass is 19.1. The molecule has 0 bridgehead atoms. The number of likely N-dealkylation sites (tertiary alicyclic amines) is 1. The third-order valence-corrected chi connectivity index (χ3v) is 4.79. The first kappa shape index (κ1) is 18.4. The number of guanidine groups is 1. The second-order valence-electron chi connectivity index (χ2n) is 6.85. The van der Waals surface area contributed by atoms with E-state index in [1.54, 1.807) is 12.1 Å². The molecule has 1 aromatic heterocycles. The van der Waals surface area contributed by atoms with Gasteiger partial charge in [-0.15, -0.1) is 0 Å². The van der Waals surface area contributed by atoms with Crippen molar-refractivity contribution >= 4 is 5.96 Å². The van der Waals surface area contributed by atoms with Gasteiger partial charge < -0.3 is 10.2 Å². The summed E-state index contributed by atoms with van der Waals surface area (Å²) in [5.74, 6) is 1.33. The molecule has 1 fully saturated rings. The van der Waals surface area contributed by atoms with Crippen LogP contribution in [0.1, 0.15) is 36.8 Å².